The van der Waals surface area contributed by atoms with Gasteiger partial charge in [0.1, 0.15) is 0 Å². The van der Waals surface area contributed by atoms with Crippen LogP contribution in [0.15, 0.2) is 24.5 Å². The number of nitrogens with one attached hydrogen (secondary N) is 2. The Bertz CT molecular complexity index is 287. The first-order valence-corrected chi connectivity index (χ1v) is 4.59. The molecule has 1 atom stereocenters. The third kappa shape index (κ3) is 3.53. The smallest absolute Gasteiger partial charge is 0.225 e. The Kier molecular flexibility index (Phi) is 4.07. The molecule has 0 radical (unpaired) electrons. The van der Waals surface area contributed by atoms with Crippen LogP contribution in [0.25, 0.3) is 0 Å². The Labute approximate surface area is 83.7 Å². The van der Waals surface area contributed by atoms with Gasteiger partial charge in [0.15, 0.2) is 0 Å². The number of hydrogen-bond acceptors (Lipinski definition) is 3. The molecule has 0 saturated heterocycles. The normalized spacial score (nSPS) is 12.1. The summed E-state index contributed by atoms with van der Waals surface area (Å²) in [6.07, 6.45) is 3.76. The molecule has 1 aromatic rings. The summed E-state index contributed by atoms with van der Waals surface area (Å²) in [6.45, 7) is 1.96. The number of aromatic nitrogens is 1. The second kappa shape index (κ2) is 5.34. The van der Waals surface area contributed by atoms with Crippen molar-refractivity contribution in [3.05, 3.63) is 24.5 Å². The predicted molar refractivity (Wildman–Crippen MR) is 56.0 cm³/mol. The highest BCUT2D eigenvalue weighted by Crippen LogP contribution is 2.03. The van der Waals surface area contributed by atoms with Gasteiger partial charge in [-0.25, -0.2) is 0 Å². The van der Waals surface area contributed by atoms with Crippen molar-refractivity contribution in [3.63, 3.8) is 0 Å². The van der Waals surface area contributed by atoms with Crippen molar-refractivity contribution in [2.45, 2.75) is 19.4 Å². The van der Waals surface area contributed by atoms with E-state index in [1.54, 1.807) is 18.5 Å². The molecular formula is C10H15N3O. The third-order valence-corrected chi connectivity index (χ3v) is 1.93. The number of anilines is 1. The Hall–Kier alpha value is -1.42. The Morgan fingerprint density at radius 1 is 1.64 bits per heavy atom. The van der Waals surface area contributed by atoms with Gasteiger partial charge in [0, 0.05) is 18.7 Å². The maximum absolute atomic E-state index is 11.4. The van der Waals surface area contributed by atoms with Crippen molar-refractivity contribution in [1.29, 1.82) is 0 Å². The second-order valence-corrected chi connectivity index (χ2v) is 3.18. The maximum Gasteiger partial charge on any atom is 0.225 e. The largest absolute Gasteiger partial charge is 0.325 e. The third-order valence-electron chi connectivity index (χ3n) is 1.93. The molecule has 0 fully saturated rings. The quantitative estimate of drug-likeness (QED) is 0.750. The van der Waals surface area contributed by atoms with E-state index in [-0.39, 0.29) is 11.9 Å². The molecule has 1 heterocycles. The van der Waals surface area contributed by atoms with Crippen molar-refractivity contribution in [2.24, 2.45) is 0 Å². The van der Waals surface area contributed by atoms with Gasteiger partial charge >= 0.3 is 0 Å². The molecule has 0 aliphatic carbocycles. The van der Waals surface area contributed by atoms with Gasteiger partial charge in [-0.15, -0.1) is 0 Å². The van der Waals surface area contributed by atoms with E-state index in [4.69, 9.17) is 0 Å². The van der Waals surface area contributed by atoms with E-state index < -0.39 is 0 Å². The van der Waals surface area contributed by atoms with Gasteiger partial charge in [-0.1, -0.05) is 0 Å². The predicted octanol–water partition coefficient (Wildman–Crippen LogP) is 1.02. The number of hydrogen-bond donors (Lipinski definition) is 2. The van der Waals surface area contributed by atoms with Gasteiger partial charge in [-0.05, 0) is 26.1 Å². The Morgan fingerprint density at radius 2 is 2.43 bits per heavy atom. The summed E-state index contributed by atoms with van der Waals surface area (Å²) < 4.78 is 0. The van der Waals surface area contributed by atoms with Crippen LogP contribution < -0.4 is 10.6 Å². The van der Waals surface area contributed by atoms with Gasteiger partial charge in [-0.2, -0.15) is 0 Å². The molecular weight excluding hydrogens is 178 g/mol. The maximum atomic E-state index is 11.4. The molecule has 1 rings (SSSR count). The van der Waals surface area contributed by atoms with E-state index in [1.165, 1.54) is 0 Å². The fraction of sp³-hybridized carbons (Fsp3) is 0.400. The topological polar surface area (TPSA) is 54.0 Å². The minimum atomic E-state index is -0.000139. The van der Waals surface area contributed by atoms with Crippen LogP contribution in [0.1, 0.15) is 13.3 Å². The van der Waals surface area contributed by atoms with Gasteiger partial charge in [-0.3, -0.25) is 9.78 Å². The zero-order valence-electron chi connectivity index (χ0n) is 8.45. The summed E-state index contributed by atoms with van der Waals surface area (Å²) in [5, 5.41) is 5.77. The van der Waals surface area contributed by atoms with Crippen LogP contribution in [0.3, 0.4) is 0 Å². The van der Waals surface area contributed by atoms with Crippen LogP contribution in [-0.4, -0.2) is 24.0 Å². The Balaban J connectivity index is 2.42. The molecule has 14 heavy (non-hydrogen) atoms. The zero-order chi connectivity index (χ0) is 10.4. The fourth-order valence-corrected chi connectivity index (χ4v) is 1.03. The molecule has 0 aliphatic rings. The average molecular weight is 193 g/mol. The summed E-state index contributed by atoms with van der Waals surface area (Å²) in [6, 6.07) is 3.79. The average Bonchev–Trinajstić information content (AvgIpc) is 2.19. The lowest BCUT2D eigenvalue weighted by Gasteiger charge is -2.09. The summed E-state index contributed by atoms with van der Waals surface area (Å²) >= 11 is 0. The molecule has 0 aliphatic heterocycles. The summed E-state index contributed by atoms with van der Waals surface area (Å²) in [4.78, 5) is 15.3. The van der Waals surface area contributed by atoms with E-state index >= 15 is 0 Å². The van der Waals surface area contributed by atoms with E-state index in [2.05, 4.69) is 15.6 Å². The first-order valence-electron chi connectivity index (χ1n) is 4.59. The van der Waals surface area contributed by atoms with E-state index in [9.17, 15) is 4.79 Å². The fourth-order valence-electron chi connectivity index (χ4n) is 1.03. The van der Waals surface area contributed by atoms with E-state index in [1.807, 2.05) is 20.0 Å². The molecule has 0 spiro atoms. The number of nitrogens with zero attached hydrogens (tertiary/aromatic N) is 1. The first-order chi connectivity index (χ1) is 6.72. The molecule has 1 aromatic heterocycles. The molecule has 0 aromatic carbocycles. The number of rotatable bonds is 4. The SMILES string of the molecule is CNC(C)CC(=O)Nc1cccnc1. The lowest BCUT2D eigenvalue weighted by atomic mass is 10.2. The van der Waals surface area contributed by atoms with Gasteiger partial charge in [0.2, 0.25) is 5.91 Å². The van der Waals surface area contributed by atoms with Crippen LogP contribution >= 0.6 is 0 Å². The molecule has 76 valence electrons. The number of pyridine rings is 1. The van der Waals surface area contributed by atoms with Gasteiger partial charge in [0.25, 0.3) is 0 Å². The van der Waals surface area contributed by atoms with Crippen LogP contribution in [0.2, 0.25) is 0 Å². The van der Waals surface area contributed by atoms with Gasteiger partial charge < -0.3 is 10.6 Å². The van der Waals surface area contributed by atoms with Crippen LogP contribution in [0.4, 0.5) is 5.69 Å². The lowest BCUT2D eigenvalue weighted by molar-refractivity contribution is -0.116. The van der Waals surface area contributed by atoms with E-state index in [0.29, 0.717) is 6.42 Å². The molecule has 4 heteroatoms. The molecule has 0 saturated carbocycles. The monoisotopic (exact) mass is 193 g/mol. The van der Waals surface area contributed by atoms with Crippen LogP contribution in [-0.2, 0) is 4.79 Å². The van der Waals surface area contributed by atoms with Crippen LogP contribution in [0, 0.1) is 0 Å². The molecule has 0 bridgehead atoms. The van der Waals surface area contributed by atoms with Crippen molar-refractivity contribution in [2.75, 3.05) is 12.4 Å². The summed E-state index contributed by atoms with van der Waals surface area (Å²) in [5.74, 6) is -0.000139. The highest BCUT2D eigenvalue weighted by molar-refractivity contribution is 5.90. The van der Waals surface area contributed by atoms with E-state index in [0.717, 1.165) is 5.69 Å². The number of carbonyl (C=O) groups excluding carboxylic acids is 1. The molecule has 1 amide bonds. The summed E-state index contributed by atoms with van der Waals surface area (Å²) in [5.41, 5.74) is 0.737. The minimum absolute atomic E-state index is 0.000139. The Morgan fingerprint density at radius 3 is 3.00 bits per heavy atom. The van der Waals surface area contributed by atoms with Crippen LogP contribution in [0.5, 0.6) is 0 Å². The highest BCUT2D eigenvalue weighted by Gasteiger charge is 2.06. The summed E-state index contributed by atoms with van der Waals surface area (Å²) in [7, 11) is 1.84. The van der Waals surface area contributed by atoms with Crippen molar-refractivity contribution >= 4 is 11.6 Å². The standard InChI is InChI=1S/C10H15N3O/c1-8(11-2)6-10(14)13-9-4-3-5-12-7-9/h3-5,7-8,11H,6H2,1-2H3,(H,13,14). The van der Waals surface area contributed by atoms with Crippen molar-refractivity contribution < 1.29 is 4.79 Å². The molecule has 2 N–H and O–H groups in total. The van der Waals surface area contributed by atoms with Gasteiger partial charge in [0.05, 0.1) is 11.9 Å². The highest BCUT2D eigenvalue weighted by atomic mass is 16.1. The zero-order valence-corrected chi connectivity index (χ0v) is 8.45. The lowest BCUT2D eigenvalue weighted by Crippen LogP contribution is -2.27. The number of amides is 1. The minimum Gasteiger partial charge on any atom is -0.325 e. The van der Waals surface area contributed by atoms with Crippen molar-refractivity contribution in [3.8, 4) is 0 Å². The number of carbonyl (C=O) groups is 1. The molecule has 1 unspecified atom stereocenters. The van der Waals surface area contributed by atoms with Crippen molar-refractivity contribution in [1.82, 2.24) is 10.3 Å². The first kappa shape index (κ1) is 10.7. The second-order valence-electron chi connectivity index (χ2n) is 3.18. The molecule has 4 nitrogen and oxygen atoms in total.